The Morgan fingerprint density at radius 1 is 1.04 bits per heavy atom. The maximum atomic E-state index is 12.4. The van der Waals surface area contributed by atoms with Crippen molar-refractivity contribution >= 4 is 18.3 Å². The summed E-state index contributed by atoms with van der Waals surface area (Å²) in [6.07, 6.45) is 0.237. The Bertz CT molecular complexity index is 738. The molecule has 0 aliphatic heterocycles. The van der Waals surface area contributed by atoms with Crippen LogP contribution in [0.25, 0.3) is 0 Å². The van der Waals surface area contributed by atoms with Crippen LogP contribution in [0, 0.1) is 5.92 Å². The number of ether oxygens (including phenoxy) is 2. The molecule has 2 atom stereocenters. The lowest BCUT2D eigenvalue weighted by atomic mass is 10.0. The van der Waals surface area contributed by atoms with E-state index in [1.807, 2.05) is 55.5 Å². The Morgan fingerprint density at radius 2 is 1.71 bits per heavy atom. The van der Waals surface area contributed by atoms with E-state index < -0.39 is 0 Å². The molecular weight excluding hydrogens is 376 g/mol. The number of methoxy groups -OCH3 is 1. The fourth-order valence-electron chi connectivity index (χ4n) is 2.73. The number of rotatable bonds is 9. The Hall–Kier alpha value is -2.24. The van der Waals surface area contributed by atoms with Gasteiger partial charge in [0.15, 0.2) is 11.5 Å². The quantitative estimate of drug-likeness (QED) is 0.646. The lowest BCUT2D eigenvalue weighted by Crippen LogP contribution is -2.29. The van der Waals surface area contributed by atoms with E-state index in [0.717, 1.165) is 11.1 Å². The van der Waals surface area contributed by atoms with Gasteiger partial charge in [0.1, 0.15) is 0 Å². The van der Waals surface area contributed by atoms with Gasteiger partial charge in [-0.05, 0) is 36.1 Å². The van der Waals surface area contributed by atoms with E-state index >= 15 is 0 Å². The SMILES string of the molecule is COc1cc(C(C)NC(=O)CC(N)c2ccccc2)ccc1OCC(C)C.Cl. The second-order valence-electron chi connectivity index (χ2n) is 7.13. The minimum Gasteiger partial charge on any atom is -0.493 e. The normalized spacial score (nSPS) is 12.6. The van der Waals surface area contributed by atoms with Crippen LogP contribution in [0.3, 0.4) is 0 Å². The van der Waals surface area contributed by atoms with Gasteiger partial charge in [-0.3, -0.25) is 4.79 Å². The average Bonchev–Trinajstić information content (AvgIpc) is 2.66. The monoisotopic (exact) mass is 406 g/mol. The first kappa shape index (κ1) is 23.8. The number of halogens is 1. The third-order valence-electron chi connectivity index (χ3n) is 4.27. The first-order valence-electron chi connectivity index (χ1n) is 9.31. The summed E-state index contributed by atoms with van der Waals surface area (Å²) in [4.78, 5) is 12.4. The van der Waals surface area contributed by atoms with Crippen molar-refractivity contribution in [1.29, 1.82) is 0 Å². The molecule has 6 heteroatoms. The number of nitrogens with one attached hydrogen (secondary N) is 1. The molecule has 2 unspecified atom stereocenters. The molecule has 3 N–H and O–H groups in total. The maximum absolute atomic E-state index is 12.4. The lowest BCUT2D eigenvalue weighted by Gasteiger charge is -2.19. The molecule has 1 amide bonds. The molecule has 2 aromatic carbocycles. The molecule has 154 valence electrons. The zero-order valence-corrected chi connectivity index (χ0v) is 17.8. The Morgan fingerprint density at radius 3 is 2.32 bits per heavy atom. The highest BCUT2D eigenvalue weighted by atomic mass is 35.5. The van der Waals surface area contributed by atoms with Gasteiger partial charge < -0.3 is 20.5 Å². The zero-order chi connectivity index (χ0) is 19.8. The summed E-state index contributed by atoms with van der Waals surface area (Å²) in [5.74, 6) is 1.72. The van der Waals surface area contributed by atoms with Crippen LogP contribution in [0.15, 0.2) is 48.5 Å². The van der Waals surface area contributed by atoms with Crippen LogP contribution in [0.1, 0.15) is 50.4 Å². The molecule has 0 aliphatic carbocycles. The number of carbonyl (C=O) groups excluding carboxylic acids is 1. The highest BCUT2D eigenvalue weighted by Crippen LogP contribution is 2.30. The molecule has 0 aliphatic rings. The van der Waals surface area contributed by atoms with E-state index in [0.29, 0.717) is 24.0 Å². The predicted octanol–water partition coefficient (Wildman–Crippen LogP) is 4.42. The zero-order valence-electron chi connectivity index (χ0n) is 17.0. The number of hydrogen-bond acceptors (Lipinski definition) is 4. The van der Waals surface area contributed by atoms with Crippen molar-refractivity contribution in [3.05, 3.63) is 59.7 Å². The van der Waals surface area contributed by atoms with Crippen molar-refractivity contribution in [1.82, 2.24) is 5.32 Å². The number of nitrogens with two attached hydrogens (primary N) is 1. The molecule has 0 radical (unpaired) electrons. The van der Waals surface area contributed by atoms with Crippen molar-refractivity contribution in [2.75, 3.05) is 13.7 Å². The Kier molecular flexibility index (Phi) is 9.83. The summed E-state index contributed by atoms with van der Waals surface area (Å²) in [6.45, 7) is 6.76. The van der Waals surface area contributed by atoms with E-state index in [1.165, 1.54) is 0 Å². The molecule has 2 aromatic rings. The fourth-order valence-corrected chi connectivity index (χ4v) is 2.73. The molecular formula is C22H31ClN2O3. The minimum atomic E-state index is -0.320. The highest BCUT2D eigenvalue weighted by Gasteiger charge is 2.16. The third kappa shape index (κ3) is 7.06. The number of benzene rings is 2. The molecule has 0 heterocycles. The van der Waals surface area contributed by atoms with Crippen molar-refractivity contribution in [3.63, 3.8) is 0 Å². The molecule has 0 saturated carbocycles. The van der Waals surface area contributed by atoms with Crippen LogP contribution in [-0.2, 0) is 4.79 Å². The Balaban J connectivity index is 0.00000392. The Labute approximate surface area is 174 Å². The molecule has 0 spiro atoms. The van der Waals surface area contributed by atoms with Crippen LogP contribution in [-0.4, -0.2) is 19.6 Å². The topological polar surface area (TPSA) is 73.6 Å². The third-order valence-corrected chi connectivity index (χ3v) is 4.27. The molecule has 28 heavy (non-hydrogen) atoms. The molecule has 0 saturated heterocycles. The van der Waals surface area contributed by atoms with Crippen LogP contribution in [0.5, 0.6) is 11.5 Å². The number of carbonyl (C=O) groups is 1. The van der Waals surface area contributed by atoms with E-state index in [-0.39, 0.29) is 36.8 Å². The van der Waals surface area contributed by atoms with Gasteiger partial charge in [0, 0.05) is 12.5 Å². The van der Waals surface area contributed by atoms with Crippen molar-refractivity contribution < 1.29 is 14.3 Å². The van der Waals surface area contributed by atoms with Gasteiger partial charge >= 0.3 is 0 Å². The van der Waals surface area contributed by atoms with Gasteiger partial charge in [0.25, 0.3) is 0 Å². The van der Waals surface area contributed by atoms with Gasteiger partial charge in [0.05, 0.1) is 19.8 Å². The first-order chi connectivity index (χ1) is 12.9. The summed E-state index contributed by atoms with van der Waals surface area (Å²) in [5, 5.41) is 3.00. The van der Waals surface area contributed by atoms with Crippen LogP contribution >= 0.6 is 12.4 Å². The van der Waals surface area contributed by atoms with E-state index in [9.17, 15) is 4.79 Å². The van der Waals surface area contributed by atoms with Crippen molar-refractivity contribution in [3.8, 4) is 11.5 Å². The van der Waals surface area contributed by atoms with E-state index in [1.54, 1.807) is 7.11 Å². The smallest absolute Gasteiger partial charge is 0.222 e. The van der Waals surface area contributed by atoms with Gasteiger partial charge in [0.2, 0.25) is 5.91 Å². The highest BCUT2D eigenvalue weighted by molar-refractivity contribution is 5.85. The fraction of sp³-hybridized carbons (Fsp3) is 0.409. The van der Waals surface area contributed by atoms with Crippen molar-refractivity contribution in [2.45, 2.75) is 39.3 Å². The second-order valence-corrected chi connectivity index (χ2v) is 7.13. The van der Waals surface area contributed by atoms with Crippen LogP contribution < -0.4 is 20.5 Å². The molecule has 5 nitrogen and oxygen atoms in total. The largest absolute Gasteiger partial charge is 0.493 e. The number of amides is 1. The maximum Gasteiger partial charge on any atom is 0.222 e. The standard InChI is InChI=1S/C22H30N2O3.ClH/c1-15(2)14-27-20-11-10-18(12-21(20)26-4)16(3)24-22(25)13-19(23)17-8-6-5-7-9-17;/h5-12,15-16,19H,13-14,23H2,1-4H3,(H,24,25);1H. The second kappa shape index (κ2) is 11.6. The molecule has 0 fully saturated rings. The lowest BCUT2D eigenvalue weighted by molar-refractivity contribution is -0.122. The summed E-state index contributed by atoms with van der Waals surface area (Å²) >= 11 is 0. The van der Waals surface area contributed by atoms with Crippen LogP contribution in [0.4, 0.5) is 0 Å². The number of hydrogen-bond donors (Lipinski definition) is 2. The van der Waals surface area contributed by atoms with Gasteiger partial charge in [-0.2, -0.15) is 0 Å². The van der Waals surface area contributed by atoms with E-state index in [2.05, 4.69) is 19.2 Å². The summed E-state index contributed by atoms with van der Waals surface area (Å²) in [5.41, 5.74) is 8.04. The van der Waals surface area contributed by atoms with Crippen LogP contribution in [0.2, 0.25) is 0 Å². The first-order valence-corrected chi connectivity index (χ1v) is 9.31. The summed E-state index contributed by atoms with van der Waals surface area (Å²) in [7, 11) is 1.61. The summed E-state index contributed by atoms with van der Waals surface area (Å²) in [6, 6.07) is 14.9. The average molecular weight is 407 g/mol. The predicted molar refractivity (Wildman–Crippen MR) is 115 cm³/mol. The molecule has 2 rings (SSSR count). The van der Waals surface area contributed by atoms with Gasteiger partial charge in [-0.1, -0.05) is 50.2 Å². The van der Waals surface area contributed by atoms with Gasteiger partial charge in [-0.25, -0.2) is 0 Å². The van der Waals surface area contributed by atoms with E-state index in [4.69, 9.17) is 15.2 Å². The molecule has 0 bridgehead atoms. The summed E-state index contributed by atoms with van der Waals surface area (Å²) < 4.78 is 11.2. The minimum absolute atomic E-state index is 0. The molecule has 0 aromatic heterocycles. The van der Waals surface area contributed by atoms with Crippen molar-refractivity contribution in [2.24, 2.45) is 11.7 Å². The van der Waals surface area contributed by atoms with Gasteiger partial charge in [-0.15, -0.1) is 12.4 Å².